The van der Waals surface area contributed by atoms with Crippen molar-refractivity contribution in [2.24, 2.45) is 0 Å². The molecule has 1 rings (SSSR count). The summed E-state index contributed by atoms with van der Waals surface area (Å²) in [6.07, 6.45) is 0. The summed E-state index contributed by atoms with van der Waals surface area (Å²) >= 11 is 2.99. The summed E-state index contributed by atoms with van der Waals surface area (Å²) in [5.74, 6) is -1.58. The molecule has 0 atom stereocenters. The maximum Gasteiger partial charge on any atom is 0.229 e. The Morgan fingerprint density at radius 3 is 2.08 bits per heavy atom. The standard InChI is InChI=1S/C8H9BrF2OSi/c1-13(2)12-8-6(10)3-5(9)4-7(8)11/h3-4,13H,1-2H3. The van der Waals surface area contributed by atoms with Crippen molar-refractivity contribution in [1.29, 1.82) is 0 Å². The summed E-state index contributed by atoms with van der Waals surface area (Å²) in [5.41, 5.74) is 0. The van der Waals surface area contributed by atoms with Gasteiger partial charge < -0.3 is 4.43 Å². The Hall–Kier alpha value is -0.423. The average Bonchev–Trinajstić information content (AvgIpc) is 1.96. The van der Waals surface area contributed by atoms with Crippen molar-refractivity contribution in [2.45, 2.75) is 13.1 Å². The van der Waals surface area contributed by atoms with Crippen molar-refractivity contribution >= 4 is 25.0 Å². The molecule has 0 saturated carbocycles. The summed E-state index contributed by atoms with van der Waals surface area (Å²) < 4.78 is 31.7. The lowest BCUT2D eigenvalue weighted by molar-refractivity contribution is 0.461. The van der Waals surface area contributed by atoms with Gasteiger partial charge >= 0.3 is 0 Å². The van der Waals surface area contributed by atoms with Crippen molar-refractivity contribution in [3.05, 3.63) is 28.2 Å². The second-order valence-electron chi connectivity index (χ2n) is 2.87. The average molecular weight is 267 g/mol. The monoisotopic (exact) mass is 266 g/mol. The number of hydrogen-bond donors (Lipinski definition) is 0. The van der Waals surface area contributed by atoms with Crippen LogP contribution in [0.3, 0.4) is 0 Å². The van der Waals surface area contributed by atoms with Crippen molar-refractivity contribution in [3.8, 4) is 5.75 Å². The minimum Gasteiger partial charge on any atom is -0.543 e. The molecule has 13 heavy (non-hydrogen) atoms. The lowest BCUT2D eigenvalue weighted by Gasteiger charge is -2.11. The Morgan fingerprint density at radius 2 is 1.69 bits per heavy atom. The van der Waals surface area contributed by atoms with E-state index in [-0.39, 0.29) is 5.75 Å². The third kappa shape index (κ3) is 2.77. The predicted octanol–water partition coefficient (Wildman–Crippen LogP) is 3.09. The molecule has 0 unspecified atom stereocenters. The molecule has 5 heteroatoms. The molecule has 0 spiro atoms. The Kier molecular flexibility index (Phi) is 3.44. The Labute approximate surface area is 85.6 Å². The zero-order chi connectivity index (χ0) is 10.0. The van der Waals surface area contributed by atoms with Crippen LogP contribution in [0.25, 0.3) is 0 Å². The molecule has 0 heterocycles. The fraction of sp³-hybridized carbons (Fsp3) is 0.250. The lowest BCUT2D eigenvalue weighted by Crippen LogP contribution is -2.13. The van der Waals surface area contributed by atoms with Gasteiger partial charge in [-0.15, -0.1) is 0 Å². The Morgan fingerprint density at radius 1 is 1.23 bits per heavy atom. The first-order valence-electron chi connectivity index (χ1n) is 3.82. The van der Waals surface area contributed by atoms with Gasteiger partial charge in [-0.2, -0.15) is 0 Å². The van der Waals surface area contributed by atoms with Gasteiger partial charge in [0.05, 0.1) is 0 Å². The van der Waals surface area contributed by atoms with Crippen molar-refractivity contribution in [2.75, 3.05) is 0 Å². The molecule has 0 aliphatic carbocycles. The van der Waals surface area contributed by atoms with Crippen molar-refractivity contribution in [1.82, 2.24) is 0 Å². The van der Waals surface area contributed by atoms with Crippen molar-refractivity contribution in [3.63, 3.8) is 0 Å². The molecular weight excluding hydrogens is 258 g/mol. The van der Waals surface area contributed by atoms with Crippen LogP contribution >= 0.6 is 15.9 Å². The first kappa shape index (κ1) is 10.7. The molecule has 0 N–H and O–H groups in total. The molecule has 0 aliphatic heterocycles. The number of rotatable bonds is 2. The van der Waals surface area contributed by atoms with E-state index in [4.69, 9.17) is 4.43 Å². The van der Waals surface area contributed by atoms with E-state index in [1.807, 2.05) is 13.1 Å². The van der Waals surface area contributed by atoms with E-state index >= 15 is 0 Å². The lowest BCUT2D eigenvalue weighted by atomic mass is 10.3. The smallest absolute Gasteiger partial charge is 0.229 e. The molecule has 0 bridgehead atoms. The second-order valence-corrected chi connectivity index (χ2v) is 6.11. The fourth-order valence-electron chi connectivity index (χ4n) is 0.877. The molecule has 72 valence electrons. The maximum absolute atomic E-state index is 13.1. The van der Waals surface area contributed by atoms with Crippen LogP contribution in [0.5, 0.6) is 5.75 Å². The molecule has 0 amide bonds. The fourth-order valence-corrected chi connectivity index (χ4v) is 1.98. The summed E-state index contributed by atoms with van der Waals surface area (Å²) in [7, 11) is -1.46. The summed E-state index contributed by atoms with van der Waals surface area (Å²) in [4.78, 5) is 0. The zero-order valence-corrected chi connectivity index (χ0v) is 10.0. The van der Waals surface area contributed by atoms with E-state index in [1.165, 1.54) is 12.1 Å². The van der Waals surface area contributed by atoms with Crippen LogP contribution in [0.1, 0.15) is 0 Å². The van der Waals surface area contributed by atoms with E-state index in [0.29, 0.717) is 4.47 Å². The highest BCUT2D eigenvalue weighted by molar-refractivity contribution is 9.10. The van der Waals surface area contributed by atoms with Gasteiger partial charge in [0, 0.05) is 4.47 Å². The third-order valence-corrected chi connectivity index (χ3v) is 2.48. The largest absolute Gasteiger partial charge is 0.543 e. The first-order chi connectivity index (χ1) is 6.00. The van der Waals surface area contributed by atoms with Crippen LogP contribution in [0, 0.1) is 11.6 Å². The zero-order valence-electron chi connectivity index (χ0n) is 7.27. The van der Waals surface area contributed by atoms with Crippen LogP contribution in [-0.2, 0) is 0 Å². The number of halogens is 3. The highest BCUT2D eigenvalue weighted by Gasteiger charge is 2.12. The highest BCUT2D eigenvalue weighted by atomic mass is 79.9. The third-order valence-electron chi connectivity index (χ3n) is 1.32. The Balaban J connectivity index is 3.06. The van der Waals surface area contributed by atoms with Gasteiger partial charge in [-0.1, -0.05) is 15.9 Å². The second kappa shape index (κ2) is 4.19. The molecule has 1 aromatic carbocycles. The van der Waals surface area contributed by atoms with Gasteiger partial charge in [-0.3, -0.25) is 0 Å². The van der Waals surface area contributed by atoms with Crippen LogP contribution in [-0.4, -0.2) is 9.04 Å². The summed E-state index contributed by atoms with van der Waals surface area (Å²) in [6.45, 7) is 3.70. The number of benzene rings is 1. The quantitative estimate of drug-likeness (QED) is 0.748. The van der Waals surface area contributed by atoms with E-state index < -0.39 is 20.7 Å². The van der Waals surface area contributed by atoms with Crippen molar-refractivity contribution < 1.29 is 13.2 Å². The van der Waals surface area contributed by atoms with E-state index in [1.54, 1.807) is 0 Å². The van der Waals surface area contributed by atoms with Gasteiger partial charge in [0.15, 0.2) is 17.4 Å². The maximum atomic E-state index is 13.1. The van der Waals surface area contributed by atoms with Crippen LogP contribution in [0.2, 0.25) is 13.1 Å². The van der Waals surface area contributed by atoms with Gasteiger partial charge in [0.1, 0.15) is 0 Å². The molecule has 1 aromatic rings. The molecule has 0 fully saturated rings. The molecule has 0 radical (unpaired) electrons. The first-order valence-corrected chi connectivity index (χ1v) is 7.39. The SMILES string of the molecule is C[SiH](C)Oc1c(F)cc(Br)cc1F. The minimum absolute atomic E-state index is 0.259. The van der Waals surface area contributed by atoms with E-state index in [2.05, 4.69) is 15.9 Å². The Bertz CT molecular complexity index is 294. The predicted molar refractivity (Wildman–Crippen MR) is 53.6 cm³/mol. The normalized spacial score (nSPS) is 10.6. The van der Waals surface area contributed by atoms with Gasteiger partial charge in [0.25, 0.3) is 0 Å². The van der Waals surface area contributed by atoms with Crippen LogP contribution in [0.4, 0.5) is 8.78 Å². The highest BCUT2D eigenvalue weighted by Crippen LogP contribution is 2.26. The van der Waals surface area contributed by atoms with Crippen LogP contribution in [0.15, 0.2) is 16.6 Å². The molecule has 0 saturated heterocycles. The van der Waals surface area contributed by atoms with E-state index in [0.717, 1.165) is 0 Å². The molecular formula is C8H9BrF2OSi. The van der Waals surface area contributed by atoms with Gasteiger partial charge in [-0.25, -0.2) is 8.78 Å². The van der Waals surface area contributed by atoms with Crippen LogP contribution < -0.4 is 4.43 Å². The molecule has 0 aromatic heterocycles. The van der Waals surface area contributed by atoms with Gasteiger partial charge in [-0.05, 0) is 25.2 Å². The molecule has 1 nitrogen and oxygen atoms in total. The molecule has 0 aliphatic rings. The van der Waals surface area contributed by atoms with E-state index in [9.17, 15) is 8.78 Å². The minimum atomic E-state index is -1.46. The van der Waals surface area contributed by atoms with Gasteiger partial charge in [0.2, 0.25) is 9.04 Å². The summed E-state index contributed by atoms with van der Waals surface area (Å²) in [5, 5.41) is 0. The number of hydrogen-bond acceptors (Lipinski definition) is 1. The topological polar surface area (TPSA) is 9.23 Å². The summed E-state index contributed by atoms with van der Waals surface area (Å²) in [6, 6.07) is 2.38.